The number of nitrogens with zero attached hydrogens (tertiary/aromatic N) is 2. The summed E-state index contributed by atoms with van der Waals surface area (Å²) in [6, 6.07) is 7.70. The SMILES string of the molecule is COc1cccc(N2CCCC(NC(=O)N(C)CCC(=O)O)C2)c1. The van der Waals surface area contributed by atoms with E-state index in [2.05, 4.69) is 10.2 Å². The van der Waals surface area contributed by atoms with Crippen molar-refractivity contribution in [1.82, 2.24) is 10.2 Å². The smallest absolute Gasteiger partial charge is 0.317 e. The Morgan fingerprint density at radius 1 is 1.46 bits per heavy atom. The standard InChI is InChI=1S/C17H25N3O4/c1-19(10-8-16(21)22)17(23)18-13-5-4-9-20(12-13)14-6-3-7-15(11-14)24-2/h3,6-7,11,13H,4-5,8-10,12H2,1-2H3,(H,18,23)(H,21,22). The molecule has 1 aliphatic rings. The Balaban J connectivity index is 1.90. The summed E-state index contributed by atoms with van der Waals surface area (Å²) < 4.78 is 5.26. The number of nitrogens with one attached hydrogen (secondary N) is 1. The fraction of sp³-hybridized carbons (Fsp3) is 0.529. The second-order valence-corrected chi connectivity index (χ2v) is 6.00. The van der Waals surface area contributed by atoms with Crippen LogP contribution in [0.3, 0.4) is 0 Å². The molecule has 0 spiro atoms. The van der Waals surface area contributed by atoms with Crippen LogP contribution < -0.4 is 15.0 Å². The van der Waals surface area contributed by atoms with Crippen molar-refractivity contribution in [2.75, 3.05) is 38.7 Å². The van der Waals surface area contributed by atoms with Gasteiger partial charge in [-0.2, -0.15) is 0 Å². The van der Waals surface area contributed by atoms with E-state index >= 15 is 0 Å². The average Bonchev–Trinajstić information content (AvgIpc) is 2.59. The molecule has 1 heterocycles. The van der Waals surface area contributed by atoms with Gasteiger partial charge in [-0.15, -0.1) is 0 Å². The summed E-state index contributed by atoms with van der Waals surface area (Å²) in [5, 5.41) is 11.7. The number of carbonyl (C=O) groups is 2. The number of aliphatic carboxylic acids is 1. The number of piperidine rings is 1. The maximum Gasteiger partial charge on any atom is 0.317 e. The van der Waals surface area contributed by atoms with Gasteiger partial charge in [0.2, 0.25) is 0 Å². The molecule has 1 aliphatic heterocycles. The number of urea groups is 1. The third kappa shape index (κ3) is 5.04. The molecular formula is C17H25N3O4. The van der Waals surface area contributed by atoms with Crippen molar-refractivity contribution in [3.05, 3.63) is 24.3 Å². The van der Waals surface area contributed by atoms with E-state index < -0.39 is 5.97 Å². The van der Waals surface area contributed by atoms with Crippen LogP contribution in [0.15, 0.2) is 24.3 Å². The van der Waals surface area contributed by atoms with E-state index in [1.807, 2.05) is 24.3 Å². The predicted molar refractivity (Wildman–Crippen MR) is 91.6 cm³/mol. The largest absolute Gasteiger partial charge is 0.497 e. The highest BCUT2D eigenvalue weighted by atomic mass is 16.5. The van der Waals surface area contributed by atoms with Crippen molar-refractivity contribution >= 4 is 17.7 Å². The summed E-state index contributed by atoms with van der Waals surface area (Å²) >= 11 is 0. The van der Waals surface area contributed by atoms with Crippen LogP contribution in [0.25, 0.3) is 0 Å². The van der Waals surface area contributed by atoms with E-state index in [-0.39, 0.29) is 25.0 Å². The number of methoxy groups -OCH3 is 1. The van der Waals surface area contributed by atoms with E-state index in [4.69, 9.17) is 9.84 Å². The number of carboxylic acid groups (broad SMARTS) is 1. The van der Waals surface area contributed by atoms with Gasteiger partial charge in [-0.3, -0.25) is 4.79 Å². The molecule has 0 bridgehead atoms. The lowest BCUT2D eigenvalue weighted by Gasteiger charge is -2.35. The molecule has 1 atom stereocenters. The van der Waals surface area contributed by atoms with Gasteiger partial charge < -0.3 is 25.0 Å². The zero-order valence-electron chi connectivity index (χ0n) is 14.2. The van der Waals surface area contributed by atoms with Gasteiger partial charge >= 0.3 is 12.0 Å². The van der Waals surface area contributed by atoms with Crippen LogP contribution in [-0.2, 0) is 4.79 Å². The fourth-order valence-corrected chi connectivity index (χ4v) is 2.79. The molecule has 1 aromatic carbocycles. The third-order valence-corrected chi connectivity index (χ3v) is 4.18. The molecule has 7 heteroatoms. The molecule has 24 heavy (non-hydrogen) atoms. The van der Waals surface area contributed by atoms with Crippen LogP contribution in [0.1, 0.15) is 19.3 Å². The first kappa shape index (κ1) is 17.9. The Hall–Kier alpha value is -2.44. The molecule has 0 saturated carbocycles. The number of benzene rings is 1. The van der Waals surface area contributed by atoms with Gasteiger partial charge in [0, 0.05) is 44.5 Å². The Labute approximate surface area is 142 Å². The van der Waals surface area contributed by atoms with Gasteiger partial charge in [0.25, 0.3) is 0 Å². The summed E-state index contributed by atoms with van der Waals surface area (Å²) in [6.07, 6.45) is 1.85. The lowest BCUT2D eigenvalue weighted by molar-refractivity contribution is -0.137. The molecule has 0 aliphatic carbocycles. The normalized spacial score (nSPS) is 17.2. The van der Waals surface area contributed by atoms with Crippen LogP contribution in [0.2, 0.25) is 0 Å². The number of anilines is 1. The van der Waals surface area contributed by atoms with Crippen molar-refractivity contribution in [3.63, 3.8) is 0 Å². The monoisotopic (exact) mass is 335 g/mol. The number of hydrogen-bond acceptors (Lipinski definition) is 4. The Morgan fingerprint density at radius 3 is 2.96 bits per heavy atom. The molecule has 1 saturated heterocycles. The topological polar surface area (TPSA) is 82.1 Å². The molecule has 1 unspecified atom stereocenters. The first-order chi connectivity index (χ1) is 11.5. The summed E-state index contributed by atoms with van der Waals surface area (Å²) in [6.45, 7) is 1.87. The third-order valence-electron chi connectivity index (χ3n) is 4.18. The van der Waals surface area contributed by atoms with Crippen molar-refractivity contribution in [3.8, 4) is 5.75 Å². The molecule has 1 fully saturated rings. The zero-order chi connectivity index (χ0) is 17.5. The van der Waals surface area contributed by atoms with Crippen LogP contribution >= 0.6 is 0 Å². The van der Waals surface area contributed by atoms with E-state index in [9.17, 15) is 9.59 Å². The minimum Gasteiger partial charge on any atom is -0.497 e. The van der Waals surface area contributed by atoms with E-state index in [1.165, 1.54) is 4.90 Å². The quantitative estimate of drug-likeness (QED) is 0.828. The summed E-state index contributed by atoms with van der Waals surface area (Å²) in [7, 11) is 3.26. The van der Waals surface area contributed by atoms with Crippen LogP contribution in [0.5, 0.6) is 5.75 Å². The minimum atomic E-state index is -0.906. The number of ether oxygens (including phenoxy) is 1. The van der Waals surface area contributed by atoms with Crippen molar-refractivity contribution in [1.29, 1.82) is 0 Å². The number of hydrogen-bond donors (Lipinski definition) is 2. The molecule has 7 nitrogen and oxygen atoms in total. The van der Waals surface area contributed by atoms with Crippen molar-refractivity contribution in [2.45, 2.75) is 25.3 Å². The Kier molecular flexibility index (Phi) is 6.28. The molecule has 0 aromatic heterocycles. The molecule has 0 radical (unpaired) electrons. The summed E-state index contributed by atoms with van der Waals surface area (Å²) in [4.78, 5) is 26.4. The maximum atomic E-state index is 12.2. The zero-order valence-corrected chi connectivity index (χ0v) is 14.2. The Morgan fingerprint density at radius 2 is 2.25 bits per heavy atom. The molecular weight excluding hydrogens is 310 g/mol. The van der Waals surface area contributed by atoms with Crippen molar-refractivity contribution < 1.29 is 19.4 Å². The number of amides is 2. The summed E-state index contributed by atoms with van der Waals surface area (Å²) in [5.41, 5.74) is 1.08. The van der Waals surface area contributed by atoms with E-state index in [0.29, 0.717) is 0 Å². The highest BCUT2D eigenvalue weighted by Crippen LogP contribution is 2.24. The van der Waals surface area contributed by atoms with Crippen LogP contribution in [0, 0.1) is 0 Å². The molecule has 2 amide bonds. The van der Waals surface area contributed by atoms with Gasteiger partial charge in [-0.1, -0.05) is 6.07 Å². The van der Waals surface area contributed by atoms with E-state index in [1.54, 1.807) is 14.2 Å². The first-order valence-electron chi connectivity index (χ1n) is 8.12. The highest BCUT2D eigenvalue weighted by Gasteiger charge is 2.23. The van der Waals surface area contributed by atoms with Gasteiger partial charge in [0.05, 0.1) is 13.5 Å². The number of carboxylic acids is 1. The van der Waals surface area contributed by atoms with Gasteiger partial charge in [0.15, 0.2) is 0 Å². The average molecular weight is 335 g/mol. The van der Waals surface area contributed by atoms with Gasteiger partial charge in [-0.25, -0.2) is 4.79 Å². The second kappa shape index (κ2) is 8.42. The number of carbonyl (C=O) groups excluding carboxylic acids is 1. The van der Waals surface area contributed by atoms with Crippen molar-refractivity contribution in [2.24, 2.45) is 0 Å². The minimum absolute atomic E-state index is 0.0460. The van der Waals surface area contributed by atoms with E-state index in [0.717, 1.165) is 37.4 Å². The Bertz CT molecular complexity index is 579. The lowest BCUT2D eigenvalue weighted by Crippen LogP contribution is -2.51. The number of rotatable bonds is 6. The van der Waals surface area contributed by atoms with Gasteiger partial charge in [-0.05, 0) is 25.0 Å². The fourth-order valence-electron chi connectivity index (χ4n) is 2.79. The maximum absolute atomic E-state index is 12.2. The molecule has 1 aromatic rings. The first-order valence-corrected chi connectivity index (χ1v) is 8.12. The van der Waals surface area contributed by atoms with Crippen LogP contribution in [-0.4, -0.2) is 61.8 Å². The molecule has 2 rings (SSSR count). The summed E-state index contributed by atoms with van der Waals surface area (Å²) in [5.74, 6) is -0.0939. The molecule has 132 valence electrons. The predicted octanol–water partition coefficient (Wildman–Crippen LogP) is 1.78. The van der Waals surface area contributed by atoms with Crippen LogP contribution in [0.4, 0.5) is 10.5 Å². The second-order valence-electron chi connectivity index (χ2n) is 6.00. The van der Waals surface area contributed by atoms with Gasteiger partial charge in [0.1, 0.15) is 5.75 Å². The highest BCUT2D eigenvalue weighted by molar-refractivity contribution is 5.75. The molecule has 2 N–H and O–H groups in total. The lowest BCUT2D eigenvalue weighted by atomic mass is 10.0.